The largest absolute Gasteiger partial charge is 0.398 e. The zero-order valence-electron chi connectivity index (χ0n) is 11.6. The molecule has 1 fully saturated rings. The van der Waals surface area contributed by atoms with Gasteiger partial charge in [0.1, 0.15) is 0 Å². The van der Waals surface area contributed by atoms with Crippen molar-refractivity contribution in [3.63, 3.8) is 0 Å². The molecule has 19 heavy (non-hydrogen) atoms. The average molecular weight is 262 g/mol. The van der Waals surface area contributed by atoms with Gasteiger partial charge in [-0.1, -0.05) is 6.07 Å². The topological polar surface area (TPSA) is 66.6 Å². The molecule has 104 valence electrons. The molecule has 4 heteroatoms. The zero-order chi connectivity index (χ0) is 14.0. The predicted molar refractivity (Wildman–Crippen MR) is 76.1 cm³/mol. The molecule has 0 unspecified atom stereocenters. The van der Waals surface area contributed by atoms with Gasteiger partial charge in [-0.3, -0.25) is 4.79 Å². The number of carbonyl (C=O) groups is 1. The first kappa shape index (κ1) is 13.9. The average Bonchev–Trinajstić information content (AvgIpc) is 2.30. The van der Waals surface area contributed by atoms with Crippen LogP contribution in [-0.2, 0) is 0 Å². The number of rotatable bonds is 4. The fourth-order valence-corrected chi connectivity index (χ4v) is 2.51. The number of anilines is 1. The van der Waals surface area contributed by atoms with Crippen LogP contribution >= 0.6 is 0 Å². The summed E-state index contributed by atoms with van der Waals surface area (Å²) in [7, 11) is 0. The molecule has 1 saturated carbocycles. The second kappa shape index (κ2) is 5.61. The highest BCUT2D eigenvalue weighted by Crippen LogP contribution is 2.27. The summed E-state index contributed by atoms with van der Waals surface area (Å²) >= 11 is 0. The third-order valence-electron chi connectivity index (χ3n) is 3.96. The number of nitrogens with two attached hydrogens (primary N) is 1. The first-order valence-electron chi connectivity index (χ1n) is 6.83. The molecule has 1 aliphatic rings. The molecule has 2 rings (SSSR count). The molecule has 1 aromatic carbocycles. The van der Waals surface area contributed by atoms with E-state index in [9.17, 15) is 4.79 Å². The van der Waals surface area contributed by atoms with Gasteiger partial charge in [0.05, 0.1) is 6.61 Å². The zero-order valence-corrected chi connectivity index (χ0v) is 11.6. The lowest BCUT2D eigenvalue weighted by Crippen LogP contribution is -2.45. The van der Waals surface area contributed by atoms with Crippen molar-refractivity contribution in [3.8, 4) is 0 Å². The fraction of sp³-hybridized carbons (Fsp3) is 0.533. The van der Waals surface area contributed by atoms with Crippen molar-refractivity contribution < 1.29 is 9.90 Å². The molecule has 0 aromatic heterocycles. The van der Waals surface area contributed by atoms with Gasteiger partial charge in [-0.05, 0) is 50.3 Å². The number of nitrogens with zero attached hydrogens (tertiary/aromatic N) is 1. The van der Waals surface area contributed by atoms with Crippen molar-refractivity contribution in [2.75, 3.05) is 18.9 Å². The molecule has 0 saturated heterocycles. The van der Waals surface area contributed by atoms with E-state index in [1.54, 1.807) is 11.0 Å². The molecule has 0 atom stereocenters. The van der Waals surface area contributed by atoms with Crippen LogP contribution in [0.5, 0.6) is 0 Å². The smallest absolute Gasteiger partial charge is 0.254 e. The summed E-state index contributed by atoms with van der Waals surface area (Å²) in [5.41, 5.74) is 9.14. The highest BCUT2D eigenvalue weighted by Gasteiger charge is 2.29. The molecule has 1 aromatic rings. The highest BCUT2D eigenvalue weighted by molar-refractivity contribution is 5.97. The third-order valence-corrected chi connectivity index (χ3v) is 3.96. The second-order valence-corrected chi connectivity index (χ2v) is 5.33. The Kier molecular flexibility index (Phi) is 4.10. The van der Waals surface area contributed by atoms with Gasteiger partial charge in [0.2, 0.25) is 0 Å². The van der Waals surface area contributed by atoms with E-state index in [-0.39, 0.29) is 18.6 Å². The van der Waals surface area contributed by atoms with Gasteiger partial charge in [0.25, 0.3) is 5.91 Å². The monoisotopic (exact) mass is 262 g/mol. The van der Waals surface area contributed by atoms with E-state index in [1.807, 2.05) is 19.9 Å². The van der Waals surface area contributed by atoms with Crippen LogP contribution in [0.4, 0.5) is 5.69 Å². The molecule has 0 spiro atoms. The third kappa shape index (κ3) is 2.73. The quantitative estimate of drug-likeness (QED) is 0.814. The van der Waals surface area contributed by atoms with Gasteiger partial charge < -0.3 is 15.7 Å². The number of hydrogen-bond donors (Lipinski definition) is 2. The molecular formula is C15H22N2O2. The van der Waals surface area contributed by atoms with E-state index in [0.29, 0.717) is 17.8 Å². The van der Waals surface area contributed by atoms with E-state index in [0.717, 1.165) is 30.4 Å². The normalized spacial score (nSPS) is 15.1. The summed E-state index contributed by atoms with van der Waals surface area (Å²) in [4.78, 5) is 14.4. The van der Waals surface area contributed by atoms with Crippen LogP contribution < -0.4 is 5.73 Å². The number of hydrogen-bond acceptors (Lipinski definition) is 3. The molecule has 4 nitrogen and oxygen atoms in total. The maximum atomic E-state index is 12.6. The summed E-state index contributed by atoms with van der Waals surface area (Å²) in [6.07, 6.45) is 3.23. The molecule has 0 aliphatic heterocycles. The molecule has 0 heterocycles. The molecule has 0 radical (unpaired) electrons. The Bertz CT molecular complexity index is 481. The standard InChI is InChI=1S/C15H22N2O2/c1-10-8-11(2)14(16)9-13(10)15(19)17(6-7-18)12-4-3-5-12/h8-9,12,18H,3-7,16H2,1-2H3. The maximum Gasteiger partial charge on any atom is 0.254 e. The predicted octanol–water partition coefficient (Wildman–Crippen LogP) is 1.87. The number of benzene rings is 1. The van der Waals surface area contributed by atoms with E-state index < -0.39 is 0 Å². The number of amides is 1. The minimum Gasteiger partial charge on any atom is -0.398 e. The van der Waals surface area contributed by atoms with Crippen LogP contribution in [0.25, 0.3) is 0 Å². The van der Waals surface area contributed by atoms with E-state index in [4.69, 9.17) is 10.8 Å². The van der Waals surface area contributed by atoms with Gasteiger partial charge in [-0.25, -0.2) is 0 Å². The van der Waals surface area contributed by atoms with Crippen LogP contribution in [0.15, 0.2) is 12.1 Å². The number of aliphatic hydroxyl groups excluding tert-OH is 1. The number of carbonyl (C=O) groups excluding carboxylic acids is 1. The van der Waals surface area contributed by atoms with E-state index in [1.165, 1.54) is 0 Å². The molecule has 0 bridgehead atoms. The van der Waals surface area contributed by atoms with Crippen molar-refractivity contribution in [2.45, 2.75) is 39.2 Å². The highest BCUT2D eigenvalue weighted by atomic mass is 16.3. The van der Waals surface area contributed by atoms with Crippen molar-refractivity contribution in [1.29, 1.82) is 0 Å². The minimum absolute atomic E-state index is 0.00261. The van der Waals surface area contributed by atoms with E-state index in [2.05, 4.69) is 0 Å². The van der Waals surface area contributed by atoms with Crippen molar-refractivity contribution in [2.24, 2.45) is 0 Å². The molecular weight excluding hydrogens is 240 g/mol. The Hall–Kier alpha value is -1.55. The molecule has 1 amide bonds. The van der Waals surface area contributed by atoms with Crippen LogP contribution in [0.2, 0.25) is 0 Å². The summed E-state index contributed by atoms with van der Waals surface area (Å²) in [5, 5.41) is 9.15. The Labute approximate surface area is 114 Å². The van der Waals surface area contributed by atoms with Crippen molar-refractivity contribution in [3.05, 3.63) is 28.8 Å². The lowest BCUT2D eigenvalue weighted by Gasteiger charge is -2.37. The van der Waals surface area contributed by atoms with Gasteiger partial charge in [0, 0.05) is 23.8 Å². The minimum atomic E-state index is -0.0112. The number of nitrogen functional groups attached to an aromatic ring is 1. The fourth-order valence-electron chi connectivity index (χ4n) is 2.51. The van der Waals surface area contributed by atoms with Crippen molar-refractivity contribution in [1.82, 2.24) is 4.90 Å². The van der Waals surface area contributed by atoms with Crippen LogP contribution in [0.1, 0.15) is 40.7 Å². The van der Waals surface area contributed by atoms with Gasteiger partial charge in [-0.15, -0.1) is 0 Å². The Morgan fingerprint density at radius 3 is 2.58 bits per heavy atom. The summed E-state index contributed by atoms with van der Waals surface area (Å²) < 4.78 is 0. The number of aryl methyl sites for hydroxylation is 2. The summed E-state index contributed by atoms with van der Waals surface area (Å²) in [6.45, 7) is 4.27. The first-order valence-corrected chi connectivity index (χ1v) is 6.83. The number of aliphatic hydroxyl groups is 1. The molecule has 3 N–H and O–H groups in total. The van der Waals surface area contributed by atoms with Gasteiger partial charge in [0.15, 0.2) is 0 Å². The Balaban J connectivity index is 2.28. The van der Waals surface area contributed by atoms with Gasteiger partial charge >= 0.3 is 0 Å². The van der Waals surface area contributed by atoms with Crippen LogP contribution in [0, 0.1) is 13.8 Å². The first-order chi connectivity index (χ1) is 9.04. The molecule has 1 aliphatic carbocycles. The van der Waals surface area contributed by atoms with Crippen LogP contribution in [0.3, 0.4) is 0 Å². The van der Waals surface area contributed by atoms with Gasteiger partial charge in [-0.2, -0.15) is 0 Å². The summed E-state index contributed by atoms with van der Waals surface area (Å²) in [5.74, 6) is -0.0112. The Morgan fingerprint density at radius 1 is 1.37 bits per heavy atom. The summed E-state index contributed by atoms with van der Waals surface area (Å²) in [6, 6.07) is 3.98. The van der Waals surface area contributed by atoms with E-state index >= 15 is 0 Å². The van der Waals surface area contributed by atoms with Crippen LogP contribution in [-0.4, -0.2) is 35.1 Å². The maximum absolute atomic E-state index is 12.6. The Morgan fingerprint density at radius 2 is 2.05 bits per heavy atom. The van der Waals surface area contributed by atoms with Crippen molar-refractivity contribution >= 4 is 11.6 Å². The lowest BCUT2D eigenvalue weighted by molar-refractivity contribution is 0.0525. The SMILES string of the molecule is Cc1cc(C)c(C(=O)N(CCO)C2CCC2)cc1N. The second-order valence-electron chi connectivity index (χ2n) is 5.33. The lowest BCUT2D eigenvalue weighted by atomic mass is 9.90.